The summed E-state index contributed by atoms with van der Waals surface area (Å²) in [4.78, 5) is 26.5. The zero-order valence-electron chi connectivity index (χ0n) is 12.2. The van der Waals surface area contributed by atoms with Gasteiger partial charge in [-0.1, -0.05) is 19.3 Å². The molecule has 0 unspecified atom stereocenters. The predicted molar refractivity (Wildman–Crippen MR) is 80.0 cm³/mol. The number of nitrogens with zero attached hydrogens (tertiary/aromatic N) is 1. The van der Waals surface area contributed by atoms with Gasteiger partial charge in [-0.25, -0.2) is 4.90 Å². The molecule has 0 atom stereocenters. The number of carbonyl (C=O) groups excluding carboxylic acids is 2. The summed E-state index contributed by atoms with van der Waals surface area (Å²) in [5.41, 5.74) is 6.34. The average Bonchev–Trinajstić information content (AvgIpc) is 2.72. The molecule has 2 amide bonds. The van der Waals surface area contributed by atoms with Crippen LogP contribution in [0.4, 0.5) is 11.4 Å². The molecule has 1 aliphatic heterocycles. The number of rotatable bonds is 2. The highest BCUT2D eigenvalue weighted by Gasteiger charge is 2.52. The maximum Gasteiger partial charge on any atom is 0.240 e. The minimum atomic E-state index is -0.495. The molecule has 2 N–H and O–H groups in total. The van der Waals surface area contributed by atoms with E-state index in [0.29, 0.717) is 23.5 Å². The molecular weight excluding hydrogens is 268 g/mol. The molecule has 1 aliphatic carbocycles. The number of methoxy groups -OCH3 is 1. The Hall–Kier alpha value is -2.04. The first-order chi connectivity index (χ1) is 10.1. The molecule has 1 spiro atoms. The van der Waals surface area contributed by atoms with Gasteiger partial charge in [0.15, 0.2) is 0 Å². The summed E-state index contributed by atoms with van der Waals surface area (Å²) < 4.78 is 5.17. The minimum absolute atomic E-state index is 0.0906. The number of carbonyl (C=O) groups is 2. The van der Waals surface area contributed by atoms with Crippen molar-refractivity contribution in [1.82, 2.24) is 0 Å². The lowest BCUT2D eigenvalue weighted by atomic mass is 9.73. The highest BCUT2D eigenvalue weighted by Crippen LogP contribution is 2.47. The number of nitrogen functional groups attached to an aromatic ring is 1. The molecule has 1 saturated carbocycles. The van der Waals surface area contributed by atoms with Crippen molar-refractivity contribution in [2.24, 2.45) is 5.41 Å². The fourth-order valence-electron chi connectivity index (χ4n) is 3.50. The zero-order chi connectivity index (χ0) is 15.0. The third kappa shape index (κ3) is 2.17. The summed E-state index contributed by atoms with van der Waals surface area (Å²) in [5.74, 6) is 0.346. The van der Waals surface area contributed by atoms with E-state index in [4.69, 9.17) is 10.5 Å². The van der Waals surface area contributed by atoms with Gasteiger partial charge in [0.2, 0.25) is 11.8 Å². The number of imide groups is 1. The minimum Gasteiger partial charge on any atom is -0.497 e. The van der Waals surface area contributed by atoms with Crippen LogP contribution in [0.3, 0.4) is 0 Å². The van der Waals surface area contributed by atoms with Crippen molar-refractivity contribution < 1.29 is 14.3 Å². The third-order valence-corrected chi connectivity index (χ3v) is 4.68. The van der Waals surface area contributed by atoms with E-state index in [9.17, 15) is 9.59 Å². The fraction of sp³-hybridized carbons (Fsp3) is 0.500. The van der Waals surface area contributed by atoms with E-state index < -0.39 is 5.41 Å². The van der Waals surface area contributed by atoms with Gasteiger partial charge < -0.3 is 10.5 Å². The Morgan fingerprint density at radius 2 is 1.90 bits per heavy atom. The van der Waals surface area contributed by atoms with Crippen LogP contribution in [0, 0.1) is 5.41 Å². The smallest absolute Gasteiger partial charge is 0.240 e. The summed E-state index contributed by atoms with van der Waals surface area (Å²) in [5, 5.41) is 0. The molecule has 21 heavy (non-hydrogen) atoms. The summed E-state index contributed by atoms with van der Waals surface area (Å²) in [7, 11) is 1.55. The Morgan fingerprint density at radius 3 is 2.57 bits per heavy atom. The average molecular weight is 288 g/mol. The molecule has 0 radical (unpaired) electrons. The van der Waals surface area contributed by atoms with Crippen LogP contribution in [0.25, 0.3) is 0 Å². The molecule has 2 fully saturated rings. The van der Waals surface area contributed by atoms with E-state index in [1.54, 1.807) is 25.3 Å². The molecule has 2 aliphatic rings. The van der Waals surface area contributed by atoms with E-state index in [1.807, 2.05) is 0 Å². The van der Waals surface area contributed by atoms with Gasteiger partial charge in [0.25, 0.3) is 0 Å². The number of benzene rings is 1. The standard InChI is InChI=1S/C16H20N2O3/c1-21-11-5-6-12(17)13(9-11)18-14(19)10-16(15(18)20)7-3-2-4-8-16/h5-6,9H,2-4,7-8,10,17H2,1H3. The second-order valence-electron chi connectivity index (χ2n) is 5.98. The largest absolute Gasteiger partial charge is 0.497 e. The Balaban J connectivity index is 1.99. The van der Waals surface area contributed by atoms with Crippen molar-refractivity contribution in [3.8, 4) is 5.75 Å². The number of amides is 2. The van der Waals surface area contributed by atoms with Crippen molar-refractivity contribution in [3.63, 3.8) is 0 Å². The van der Waals surface area contributed by atoms with Gasteiger partial charge in [0, 0.05) is 12.5 Å². The number of ether oxygens (including phenoxy) is 1. The van der Waals surface area contributed by atoms with Crippen molar-refractivity contribution in [1.29, 1.82) is 0 Å². The van der Waals surface area contributed by atoms with E-state index >= 15 is 0 Å². The fourth-order valence-corrected chi connectivity index (χ4v) is 3.50. The molecule has 5 nitrogen and oxygen atoms in total. The highest BCUT2D eigenvalue weighted by molar-refractivity contribution is 6.23. The van der Waals surface area contributed by atoms with Crippen LogP contribution in [-0.4, -0.2) is 18.9 Å². The first-order valence-electron chi connectivity index (χ1n) is 7.38. The molecule has 0 bridgehead atoms. The first-order valence-corrected chi connectivity index (χ1v) is 7.38. The maximum atomic E-state index is 12.9. The van der Waals surface area contributed by atoms with E-state index in [0.717, 1.165) is 32.1 Å². The van der Waals surface area contributed by atoms with Gasteiger partial charge in [-0.15, -0.1) is 0 Å². The lowest BCUT2D eigenvalue weighted by Gasteiger charge is -2.30. The Bertz CT molecular complexity index is 591. The lowest BCUT2D eigenvalue weighted by molar-refractivity contribution is -0.127. The zero-order valence-corrected chi connectivity index (χ0v) is 12.2. The number of hydrogen-bond acceptors (Lipinski definition) is 4. The summed E-state index contributed by atoms with van der Waals surface area (Å²) in [6, 6.07) is 5.05. The molecule has 112 valence electrons. The van der Waals surface area contributed by atoms with Crippen LogP contribution in [0.1, 0.15) is 38.5 Å². The van der Waals surface area contributed by atoms with Gasteiger partial charge >= 0.3 is 0 Å². The predicted octanol–water partition coefficient (Wildman–Crippen LogP) is 2.49. The number of hydrogen-bond donors (Lipinski definition) is 1. The van der Waals surface area contributed by atoms with Gasteiger partial charge in [-0.3, -0.25) is 9.59 Å². The third-order valence-electron chi connectivity index (χ3n) is 4.68. The van der Waals surface area contributed by atoms with Gasteiger partial charge in [0.1, 0.15) is 5.75 Å². The number of anilines is 2. The highest BCUT2D eigenvalue weighted by atomic mass is 16.5. The molecule has 0 aromatic heterocycles. The van der Waals surface area contributed by atoms with Crippen molar-refractivity contribution >= 4 is 23.2 Å². The van der Waals surface area contributed by atoms with Crippen molar-refractivity contribution in [2.75, 3.05) is 17.7 Å². The van der Waals surface area contributed by atoms with Crippen LogP contribution in [0.15, 0.2) is 18.2 Å². The van der Waals surface area contributed by atoms with Crippen molar-refractivity contribution in [2.45, 2.75) is 38.5 Å². The molecule has 3 rings (SSSR count). The van der Waals surface area contributed by atoms with Crippen molar-refractivity contribution in [3.05, 3.63) is 18.2 Å². The molecule has 1 aromatic rings. The van der Waals surface area contributed by atoms with Gasteiger partial charge in [0.05, 0.1) is 23.9 Å². The lowest BCUT2D eigenvalue weighted by Crippen LogP contribution is -2.37. The van der Waals surface area contributed by atoms with Crippen LogP contribution in [-0.2, 0) is 9.59 Å². The number of nitrogens with two attached hydrogens (primary N) is 1. The Labute approximate surface area is 124 Å². The molecule has 1 heterocycles. The van der Waals surface area contributed by atoms with Crippen LogP contribution >= 0.6 is 0 Å². The molecule has 5 heteroatoms. The summed E-state index contributed by atoms with van der Waals surface area (Å²) in [6.07, 6.45) is 5.09. The Morgan fingerprint density at radius 1 is 1.19 bits per heavy atom. The summed E-state index contributed by atoms with van der Waals surface area (Å²) >= 11 is 0. The van der Waals surface area contributed by atoms with E-state index in [1.165, 1.54) is 4.90 Å². The molecule has 1 aromatic carbocycles. The quantitative estimate of drug-likeness (QED) is 0.670. The second-order valence-corrected chi connectivity index (χ2v) is 5.98. The SMILES string of the molecule is COc1ccc(N)c(N2C(=O)CC3(CCCCC3)C2=O)c1. The van der Waals surface area contributed by atoms with Crippen LogP contribution in [0.5, 0.6) is 5.75 Å². The molecule has 1 saturated heterocycles. The monoisotopic (exact) mass is 288 g/mol. The first kappa shape index (κ1) is 13.9. The van der Waals surface area contributed by atoms with Gasteiger partial charge in [-0.2, -0.15) is 0 Å². The Kier molecular flexibility index (Phi) is 3.35. The maximum absolute atomic E-state index is 12.9. The van der Waals surface area contributed by atoms with Crippen LogP contribution < -0.4 is 15.4 Å². The normalized spacial score (nSPS) is 21.1. The second kappa shape index (κ2) is 5.06. The van der Waals surface area contributed by atoms with Crippen LogP contribution in [0.2, 0.25) is 0 Å². The van der Waals surface area contributed by atoms with Gasteiger partial charge in [-0.05, 0) is 25.0 Å². The molecular formula is C16H20N2O3. The summed E-state index contributed by atoms with van der Waals surface area (Å²) in [6.45, 7) is 0. The van der Waals surface area contributed by atoms with E-state index in [2.05, 4.69) is 0 Å². The topological polar surface area (TPSA) is 72.6 Å². The van der Waals surface area contributed by atoms with E-state index in [-0.39, 0.29) is 11.8 Å².